The summed E-state index contributed by atoms with van der Waals surface area (Å²) in [5.74, 6) is 0. The average molecular weight is 359 g/mol. The standard InChI is InChI=1S/C22H21N3S/c1-17-6-9-21(26-17)16-25(14-18-10-12-23-13-11-18)15-20-8-7-19-4-2-3-5-22(19)24-20/h2-13H,14-16H2,1H3. The molecule has 26 heavy (non-hydrogen) atoms. The van der Waals surface area contributed by atoms with E-state index in [0.717, 1.165) is 30.8 Å². The summed E-state index contributed by atoms with van der Waals surface area (Å²) in [6.45, 7) is 4.79. The van der Waals surface area contributed by atoms with Gasteiger partial charge in [-0.05, 0) is 48.9 Å². The first-order chi connectivity index (χ1) is 12.8. The van der Waals surface area contributed by atoms with Gasteiger partial charge in [-0.15, -0.1) is 11.3 Å². The van der Waals surface area contributed by atoms with E-state index >= 15 is 0 Å². The molecule has 0 spiro atoms. The first-order valence-electron chi connectivity index (χ1n) is 8.77. The number of thiophene rings is 1. The van der Waals surface area contributed by atoms with E-state index in [-0.39, 0.29) is 0 Å². The van der Waals surface area contributed by atoms with Gasteiger partial charge >= 0.3 is 0 Å². The Hall–Kier alpha value is -2.56. The smallest absolute Gasteiger partial charge is 0.0705 e. The maximum atomic E-state index is 4.85. The summed E-state index contributed by atoms with van der Waals surface area (Å²) >= 11 is 1.87. The van der Waals surface area contributed by atoms with Gasteiger partial charge in [-0.2, -0.15) is 0 Å². The zero-order valence-corrected chi connectivity index (χ0v) is 15.6. The summed E-state index contributed by atoms with van der Waals surface area (Å²) in [7, 11) is 0. The highest BCUT2D eigenvalue weighted by Gasteiger charge is 2.11. The van der Waals surface area contributed by atoms with E-state index in [0.29, 0.717) is 0 Å². The molecule has 0 fully saturated rings. The van der Waals surface area contributed by atoms with E-state index in [1.54, 1.807) is 0 Å². The summed E-state index contributed by atoms with van der Waals surface area (Å²) < 4.78 is 0. The first-order valence-corrected chi connectivity index (χ1v) is 9.59. The highest BCUT2D eigenvalue weighted by Crippen LogP contribution is 2.20. The third-order valence-corrected chi connectivity index (χ3v) is 5.36. The Balaban J connectivity index is 1.58. The fourth-order valence-corrected chi connectivity index (χ4v) is 4.06. The van der Waals surface area contributed by atoms with Crippen LogP contribution in [0.1, 0.15) is 21.0 Å². The lowest BCUT2D eigenvalue weighted by atomic mass is 10.2. The van der Waals surface area contributed by atoms with Gasteiger partial charge < -0.3 is 0 Å². The predicted octanol–water partition coefficient (Wildman–Crippen LogP) is 5.20. The third kappa shape index (κ3) is 4.15. The lowest BCUT2D eigenvalue weighted by molar-refractivity contribution is 0.247. The number of nitrogens with zero attached hydrogens (tertiary/aromatic N) is 3. The molecule has 0 saturated heterocycles. The predicted molar refractivity (Wildman–Crippen MR) is 108 cm³/mol. The summed E-state index contributed by atoms with van der Waals surface area (Å²) in [6.07, 6.45) is 3.72. The monoisotopic (exact) mass is 359 g/mol. The van der Waals surface area contributed by atoms with Crippen molar-refractivity contribution >= 4 is 22.2 Å². The van der Waals surface area contributed by atoms with Crippen molar-refractivity contribution in [3.05, 3.63) is 94.1 Å². The molecule has 3 nitrogen and oxygen atoms in total. The largest absolute Gasteiger partial charge is 0.288 e. The van der Waals surface area contributed by atoms with E-state index < -0.39 is 0 Å². The van der Waals surface area contributed by atoms with Crippen molar-refractivity contribution in [1.82, 2.24) is 14.9 Å². The molecule has 3 heterocycles. The lowest BCUT2D eigenvalue weighted by Gasteiger charge is -2.21. The number of fused-ring (bicyclic) bond motifs is 1. The second-order valence-corrected chi connectivity index (χ2v) is 7.88. The van der Waals surface area contributed by atoms with Crippen molar-refractivity contribution in [3.8, 4) is 0 Å². The molecule has 0 aliphatic carbocycles. The molecule has 4 heteroatoms. The van der Waals surface area contributed by atoms with Crippen LogP contribution in [0.15, 0.2) is 73.1 Å². The van der Waals surface area contributed by atoms with Gasteiger partial charge in [0.05, 0.1) is 11.2 Å². The van der Waals surface area contributed by atoms with Gasteiger partial charge in [-0.3, -0.25) is 14.9 Å². The Morgan fingerprint density at radius 2 is 1.69 bits per heavy atom. The summed E-state index contributed by atoms with van der Waals surface area (Å²) in [4.78, 5) is 14.2. The number of hydrogen-bond acceptors (Lipinski definition) is 4. The summed E-state index contributed by atoms with van der Waals surface area (Å²) in [6, 6.07) is 21.2. The van der Waals surface area contributed by atoms with Crippen LogP contribution in [-0.4, -0.2) is 14.9 Å². The Bertz CT molecular complexity index is 994. The highest BCUT2D eigenvalue weighted by atomic mass is 32.1. The molecule has 1 aromatic carbocycles. The van der Waals surface area contributed by atoms with Gasteiger partial charge in [-0.25, -0.2) is 0 Å². The topological polar surface area (TPSA) is 29.0 Å². The maximum Gasteiger partial charge on any atom is 0.0705 e. The van der Waals surface area contributed by atoms with Gasteiger partial charge in [0.25, 0.3) is 0 Å². The van der Waals surface area contributed by atoms with E-state index in [1.807, 2.05) is 29.8 Å². The molecule has 0 N–H and O–H groups in total. The number of benzene rings is 1. The molecule has 3 aromatic heterocycles. The zero-order valence-electron chi connectivity index (χ0n) is 14.8. The minimum Gasteiger partial charge on any atom is -0.288 e. The normalized spacial score (nSPS) is 11.3. The Morgan fingerprint density at radius 1 is 0.846 bits per heavy atom. The van der Waals surface area contributed by atoms with Crippen molar-refractivity contribution in [2.45, 2.75) is 26.6 Å². The minimum absolute atomic E-state index is 0.824. The number of para-hydroxylation sites is 1. The molecule has 0 radical (unpaired) electrons. The van der Waals surface area contributed by atoms with Crippen molar-refractivity contribution in [1.29, 1.82) is 0 Å². The Labute approximate surface area is 158 Å². The van der Waals surface area contributed by atoms with Crippen molar-refractivity contribution in [3.63, 3.8) is 0 Å². The first kappa shape index (κ1) is 16.9. The molecule has 0 unspecified atom stereocenters. The van der Waals surface area contributed by atoms with Gasteiger partial charge in [0.1, 0.15) is 0 Å². The Kier molecular flexibility index (Phi) is 5.04. The molecule has 0 amide bonds. The third-order valence-electron chi connectivity index (χ3n) is 4.37. The molecular formula is C22H21N3S. The zero-order chi connectivity index (χ0) is 17.8. The second-order valence-electron chi connectivity index (χ2n) is 6.51. The van der Waals surface area contributed by atoms with Crippen LogP contribution in [0.5, 0.6) is 0 Å². The number of rotatable bonds is 6. The van der Waals surface area contributed by atoms with Crippen molar-refractivity contribution < 1.29 is 0 Å². The van der Waals surface area contributed by atoms with Gasteiger partial charge in [0.15, 0.2) is 0 Å². The van der Waals surface area contributed by atoms with Crippen LogP contribution in [0.3, 0.4) is 0 Å². The number of aromatic nitrogens is 2. The fourth-order valence-electron chi connectivity index (χ4n) is 3.13. The van der Waals surface area contributed by atoms with E-state index in [2.05, 4.69) is 71.4 Å². The fraction of sp³-hybridized carbons (Fsp3) is 0.182. The number of aryl methyl sites for hydroxylation is 1. The van der Waals surface area contributed by atoms with Crippen molar-refractivity contribution in [2.24, 2.45) is 0 Å². The molecule has 4 aromatic rings. The van der Waals surface area contributed by atoms with Crippen LogP contribution in [0.2, 0.25) is 0 Å². The van der Waals surface area contributed by atoms with E-state index in [1.165, 1.54) is 20.7 Å². The molecule has 130 valence electrons. The molecular weight excluding hydrogens is 338 g/mol. The molecule has 0 aliphatic heterocycles. The quantitative estimate of drug-likeness (QED) is 0.474. The Morgan fingerprint density at radius 3 is 2.50 bits per heavy atom. The number of hydrogen-bond donors (Lipinski definition) is 0. The lowest BCUT2D eigenvalue weighted by Crippen LogP contribution is -2.22. The SMILES string of the molecule is Cc1ccc(CN(Cc2ccncc2)Cc2ccc3ccccc3n2)s1. The van der Waals surface area contributed by atoms with E-state index in [4.69, 9.17) is 4.98 Å². The molecule has 0 aliphatic rings. The van der Waals surface area contributed by atoms with Crippen LogP contribution < -0.4 is 0 Å². The molecule has 0 saturated carbocycles. The highest BCUT2D eigenvalue weighted by molar-refractivity contribution is 7.11. The van der Waals surface area contributed by atoms with Crippen LogP contribution in [0.25, 0.3) is 10.9 Å². The maximum absolute atomic E-state index is 4.85. The molecule has 0 atom stereocenters. The van der Waals surface area contributed by atoms with Crippen LogP contribution in [0, 0.1) is 6.92 Å². The van der Waals surface area contributed by atoms with Crippen molar-refractivity contribution in [2.75, 3.05) is 0 Å². The van der Waals surface area contributed by atoms with Gasteiger partial charge in [0, 0.05) is 47.2 Å². The van der Waals surface area contributed by atoms with Crippen LogP contribution >= 0.6 is 11.3 Å². The average Bonchev–Trinajstić information content (AvgIpc) is 3.07. The molecule has 0 bridgehead atoms. The summed E-state index contributed by atoms with van der Waals surface area (Å²) in [5, 5.41) is 1.19. The minimum atomic E-state index is 0.824. The van der Waals surface area contributed by atoms with Gasteiger partial charge in [-0.1, -0.05) is 24.3 Å². The van der Waals surface area contributed by atoms with E-state index in [9.17, 15) is 0 Å². The molecule has 4 rings (SSSR count). The summed E-state index contributed by atoms with van der Waals surface area (Å²) in [5.41, 5.74) is 3.43. The van der Waals surface area contributed by atoms with Gasteiger partial charge in [0.2, 0.25) is 0 Å². The van der Waals surface area contributed by atoms with Crippen LogP contribution in [0.4, 0.5) is 0 Å². The number of pyridine rings is 2. The van der Waals surface area contributed by atoms with Crippen LogP contribution in [-0.2, 0) is 19.6 Å². The second kappa shape index (κ2) is 7.77.